The van der Waals surface area contributed by atoms with Gasteiger partial charge in [-0.05, 0) is 78.3 Å². The third kappa shape index (κ3) is 5.16. The smallest absolute Gasteiger partial charge is 0.307 e. The van der Waals surface area contributed by atoms with Gasteiger partial charge in [0.15, 0.2) is 9.53 Å². The highest BCUT2D eigenvalue weighted by molar-refractivity contribution is 14.1. The minimum Gasteiger partial charge on any atom is -0.486 e. The predicted molar refractivity (Wildman–Crippen MR) is 132 cm³/mol. The van der Waals surface area contributed by atoms with Gasteiger partial charge >= 0.3 is 5.91 Å². The van der Waals surface area contributed by atoms with Gasteiger partial charge in [-0.15, -0.1) is 0 Å². The van der Waals surface area contributed by atoms with Crippen LogP contribution in [0.5, 0.6) is 5.75 Å². The van der Waals surface area contributed by atoms with E-state index in [9.17, 15) is 4.79 Å². The van der Waals surface area contributed by atoms with Crippen molar-refractivity contribution in [3.63, 3.8) is 0 Å². The highest BCUT2D eigenvalue weighted by Crippen LogP contribution is 2.22. The Morgan fingerprint density at radius 3 is 2.50 bits per heavy atom. The molecule has 3 aromatic heterocycles. The van der Waals surface area contributed by atoms with Crippen LogP contribution in [0.4, 0.5) is 0 Å². The molecule has 4 aromatic rings. The number of nitrogens with zero attached hydrogens (tertiary/aromatic N) is 2. The third-order valence-corrected chi connectivity index (χ3v) is 6.79. The van der Waals surface area contributed by atoms with Crippen LogP contribution < -0.4 is 10.2 Å². The van der Waals surface area contributed by atoms with Crippen molar-refractivity contribution in [3.05, 3.63) is 91.5 Å². The van der Waals surface area contributed by atoms with Crippen LogP contribution in [0.2, 0.25) is 0 Å². The Balaban J connectivity index is 1.31. The van der Waals surface area contributed by atoms with Crippen molar-refractivity contribution in [2.45, 2.75) is 20.5 Å². The van der Waals surface area contributed by atoms with Gasteiger partial charge in [0.25, 0.3) is 0 Å². The minimum atomic E-state index is -0.463. The number of hydrogen-bond donors (Lipinski definition) is 1. The number of aryl methyl sites for hydroxylation is 2. The number of aromatic nitrogens is 1. The number of hydrogen-bond acceptors (Lipinski definition) is 5. The van der Waals surface area contributed by atoms with Crippen molar-refractivity contribution >= 4 is 50.6 Å². The van der Waals surface area contributed by atoms with E-state index >= 15 is 0 Å². The van der Waals surface area contributed by atoms with Crippen LogP contribution in [0.15, 0.2) is 73.0 Å². The maximum absolute atomic E-state index is 12.2. The Morgan fingerprint density at radius 1 is 1.12 bits per heavy atom. The van der Waals surface area contributed by atoms with Gasteiger partial charge in [-0.1, -0.05) is 0 Å². The number of ether oxygens (including phenoxy) is 1. The molecule has 164 valence electrons. The van der Waals surface area contributed by atoms with Crippen LogP contribution in [0, 0.1) is 17.6 Å². The zero-order valence-corrected chi connectivity index (χ0v) is 21.0. The van der Waals surface area contributed by atoms with Gasteiger partial charge in [0.1, 0.15) is 23.9 Å². The van der Waals surface area contributed by atoms with E-state index in [2.05, 4.69) is 79.6 Å². The summed E-state index contributed by atoms with van der Waals surface area (Å²) < 4.78 is 20.5. The summed E-state index contributed by atoms with van der Waals surface area (Å²) in [4.78, 5) is 12.2. The van der Waals surface area contributed by atoms with Crippen molar-refractivity contribution in [2.75, 3.05) is 0 Å². The molecule has 0 radical (unpaired) electrons. The molecule has 0 bridgehead atoms. The fraction of sp³-hybridized carbons (Fsp3) is 0.130. The first-order chi connectivity index (χ1) is 15.4. The zero-order valence-electron chi connectivity index (χ0n) is 17.3. The van der Waals surface area contributed by atoms with Crippen molar-refractivity contribution in [2.24, 2.45) is 5.10 Å². The van der Waals surface area contributed by atoms with Gasteiger partial charge in [-0.3, -0.25) is 4.79 Å². The van der Waals surface area contributed by atoms with E-state index in [0.717, 1.165) is 10.2 Å². The van der Waals surface area contributed by atoms with E-state index in [1.54, 1.807) is 18.2 Å². The van der Waals surface area contributed by atoms with Crippen LogP contribution in [0.3, 0.4) is 0 Å². The molecule has 0 aliphatic rings. The number of carbonyl (C=O) groups is 1. The molecule has 0 spiro atoms. The molecule has 0 saturated heterocycles. The van der Waals surface area contributed by atoms with Crippen molar-refractivity contribution in [1.29, 1.82) is 0 Å². The molecule has 1 N–H and O–H groups in total. The second-order valence-corrected chi connectivity index (χ2v) is 8.80. The summed E-state index contributed by atoms with van der Waals surface area (Å²) in [5.41, 5.74) is 5.83. The molecule has 0 aliphatic carbocycles. The Hall–Kier alpha value is -2.79. The first kappa shape index (κ1) is 22.4. The van der Waals surface area contributed by atoms with Gasteiger partial charge in [0.05, 0.1) is 10.7 Å². The molecule has 0 aliphatic heterocycles. The lowest BCUT2D eigenvalue weighted by molar-refractivity contribution is 0.0923. The molecule has 32 heavy (non-hydrogen) atoms. The predicted octanol–water partition coefficient (Wildman–Crippen LogP) is 5.99. The SMILES string of the molecule is Cc1ccc(C)n1-c1ccc(OCc2ccc(C(=O)N/N=C/c3cc(Br)c(I)o3)o2)cc1. The number of rotatable bonds is 7. The summed E-state index contributed by atoms with van der Waals surface area (Å²) in [6.07, 6.45) is 1.41. The molecule has 1 amide bonds. The number of furan rings is 2. The lowest BCUT2D eigenvalue weighted by Crippen LogP contribution is -2.16. The Labute approximate surface area is 206 Å². The maximum Gasteiger partial charge on any atom is 0.307 e. The van der Waals surface area contributed by atoms with Crippen LogP contribution >= 0.6 is 38.5 Å². The molecule has 0 fully saturated rings. The van der Waals surface area contributed by atoms with Crippen LogP contribution in [0.25, 0.3) is 5.69 Å². The fourth-order valence-electron chi connectivity index (χ4n) is 3.14. The highest BCUT2D eigenvalue weighted by atomic mass is 127. The molecule has 0 unspecified atom stereocenters. The molecular weight excluding hydrogens is 589 g/mol. The number of benzene rings is 1. The number of hydrazone groups is 1. The highest BCUT2D eigenvalue weighted by Gasteiger charge is 2.11. The molecule has 3 heterocycles. The largest absolute Gasteiger partial charge is 0.486 e. The van der Waals surface area contributed by atoms with Crippen molar-refractivity contribution < 1.29 is 18.4 Å². The topological polar surface area (TPSA) is 81.9 Å². The first-order valence-electron chi connectivity index (χ1n) is 9.66. The number of halogens is 2. The molecule has 1 aromatic carbocycles. The van der Waals surface area contributed by atoms with Gasteiger partial charge in [0, 0.05) is 45.7 Å². The van der Waals surface area contributed by atoms with E-state index in [1.807, 2.05) is 24.3 Å². The molecule has 7 nitrogen and oxygen atoms in total. The number of nitrogens with one attached hydrogen (secondary N) is 1. The maximum atomic E-state index is 12.2. The van der Waals surface area contributed by atoms with E-state index < -0.39 is 5.91 Å². The molecule has 4 rings (SSSR count). The summed E-state index contributed by atoms with van der Waals surface area (Å²) >= 11 is 5.40. The summed E-state index contributed by atoms with van der Waals surface area (Å²) in [5, 5.41) is 3.88. The third-order valence-electron chi connectivity index (χ3n) is 4.65. The zero-order chi connectivity index (χ0) is 22.7. The summed E-state index contributed by atoms with van der Waals surface area (Å²) in [7, 11) is 0. The Kier molecular flexibility index (Phi) is 6.85. The molecule has 0 saturated carbocycles. The number of amides is 1. The van der Waals surface area contributed by atoms with E-state index in [1.165, 1.54) is 17.6 Å². The lowest BCUT2D eigenvalue weighted by Gasteiger charge is -2.10. The Morgan fingerprint density at radius 2 is 1.84 bits per heavy atom. The average Bonchev–Trinajstić information content (AvgIpc) is 3.47. The second kappa shape index (κ2) is 9.78. The normalized spacial score (nSPS) is 11.2. The van der Waals surface area contributed by atoms with Crippen LogP contribution in [-0.2, 0) is 6.61 Å². The molecular formula is C23H19BrIN3O4. The standard InChI is InChI=1S/C23H19BrIN3O4/c1-14-3-4-15(2)28(14)16-5-7-17(8-6-16)30-13-18-9-10-21(31-18)23(29)27-26-12-19-11-20(24)22(25)32-19/h3-12H,13H2,1-2H3,(H,27,29)/b26-12+. The van der Waals surface area contributed by atoms with Gasteiger partial charge < -0.3 is 18.1 Å². The lowest BCUT2D eigenvalue weighted by atomic mass is 10.3. The van der Waals surface area contributed by atoms with Gasteiger partial charge in [-0.25, -0.2) is 5.43 Å². The van der Waals surface area contributed by atoms with Crippen LogP contribution in [0.1, 0.15) is 33.5 Å². The molecule has 0 atom stereocenters. The van der Waals surface area contributed by atoms with Crippen molar-refractivity contribution in [1.82, 2.24) is 9.99 Å². The van der Waals surface area contributed by atoms with Crippen LogP contribution in [-0.4, -0.2) is 16.7 Å². The average molecular weight is 608 g/mol. The fourth-order valence-corrected chi connectivity index (χ4v) is 3.85. The van der Waals surface area contributed by atoms with E-state index in [4.69, 9.17) is 13.6 Å². The summed E-state index contributed by atoms with van der Waals surface area (Å²) in [6.45, 7) is 4.35. The quantitative estimate of drug-likeness (QED) is 0.159. The van der Waals surface area contributed by atoms with Gasteiger partial charge in [-0.2, -0.15) is 5.10 Å². The Bertz CT molecular complexity index is 1230. The van der Waals surface area contributed by atoms with E-state index in [-0.39, 0.29) is 12.4 Å². The van der Waals surface area contributed by atoms with Gasteiger partial charge in [0.2, 0.25) is 0 Å². The monoisotopic (exact) mass is 607 g/mol. The van der Waals surface area contributed by atoms with Crippen molar-refractivity contribution in [3.8, 4) is 11.4 Å². The summed E-state index contributed by atoms with van der Waals surface area (Å²) in [6, 6.07) is 17.1. The van der Waals surface area contributed by atoms with E-state index in [0.29, 0.717) is 21.0 Å². The summed E-state index contributed by atoms with van der Waals surface area (Å²) in [5.74, 6) is 1.44. The minimum absolute atomic E-state index is 0.143. The molecule has 9 heteroatoms. The first-order valence-corrected chi connectivity index (χ1v) is 11.5. The second-order valence-electron chi connectivity index (χ2n) is 6.97. The number of carbonyl (C=O) groups excluding carboxylic acids is 1.